The second-order valence-electron chi connectivity index (χ2n) is 4.75. The van der Waals surface area contributed by atoms with Crippen molar-refractivity contribution in [3.05, 3.63) is 35.7 Å². The highest BCUT2D eigenvalue weighted by molar-refractivity contribution is 5.56. The molecule has 0 saturated heterocycles. The van der Waals surface area contributed by atoms with Crippen molar-refractivity contribution >= 4 is 0 Å². The van der Waals surface area contributed by atoms with Crippen molar-refractivity contribution in [1.82, 2.24) is 14.8 Å². The quantitative estimate of drug-likeness (QED) is 0.896. The van der Waals surface area contributed by atoms with Gasteiger partial charge in [-0.1, -0.05) is 31.2 Å². The van der Waals surface area contributed by atoms with Crippen molar-refractivity contribution < 1.29 is 5.11 Å². The summed E-state index contributed by atoms with van der Waals surface area (Å²) in [6.45, 7) is 2.10. The van der Waals surface area contributed by atoms with E-state index in [-0.39, 0.29) is 6.61 Å². The molecule has 1 N–H and O–H groups in total. The fourth-order valence-electron chi connectivity index (χ4n) is 2.23. The molecule has 1 aliphatic rings. The van der Waals surface area contributed by atoms with Crippen LogP contribution in [0.4, 0.5) is 0 Å². The van der Waals surface area contributed by atoms with E-state index in [2.05, 4.69) is 46.0 Å². The molecule has 18 heavy (non-hydrogen) atoms. The summed E-state index contributed by atoms with van der Waals surface area (Å²) in [6.07, 6.45) is 3.35. The molecule has 1 heterocycles. The van der Waals surface area contributed by atoms with Crippen molar-refractivity contribution in [2.75, 3.05) is 0 Å². The molecule has 1 saturated carbocycles. The number of aliphatic hydroxyl groups is 1. The highest BCUT2D eigenvalue weighted by Crippen LogP contribution is 2.38. The Morgan fingerprint density at radius 1 is 1.22 bits per heavy atom. The number of aromatic nitrogens is 3. The molecule has 0 unspecified atom stereocenters. The number of aryl methyl sites for hydroxylation is 1. The van der Waals surface area contributed by atoms with Crippen LogP contribution in [0.5, 0.6) is 0 Å². The zero-order valence-electron chi connectivity index (χ0n) is 10.5. The van der Waals surface area contributed by atoms with Crippen molar-refractivity contribution in [1.29, 1.82) is 0 Å². The monoisotopic (exact) mass is 243 g/mol. The van der Waals surface area contributed by atoms with Crippen molar-refractivity contribution in [3.63, 3.8) is 0 Å². The van der Waals surface area contributed by atoms with Crippen molar-refractivity contribution in [2.24, 2.45) is 0 Å². The molecule has 1 fully saturated rings. The first-order valence-corrected chi connectivity index (χ1v) is 6.47. The van der Waals surface area contributed by atoms with E-state index >= 15 is 0 Å². The number of nitrogens with zero attached hydrogens (tertiary/aromatic N) is 3. The summed E-state index contributed by atoms with van der Waals surface area (Å²) < 4.78 is 2.08. The molecule has 1 aromatic heterocycles. The average Bonchev–Trinajstić information content (AvgIpc) is 3.18. The predicted molar refractivity (Wildman–Crippen MR) is 69.0 cm³/mol. The number of hydrogen-bond acceptors (Lipinski definition) is 3. The smallest absolute Gasteiger partial charge is 0.164 e. The Kier molecular flexibility index (Phi) is 2.88. The van der Waals surface area contributed by atoms with Gasteiger partial charge in [0.2, 0.25) is 0 Å². The van der Waals surface area contributed by atoms with Crippen LogP contribution in [0.15, 0.2) is 24.3 Å². The highest BCUT2D eigenvalue weighted by atomic mass is 16.3. The fourth-order valence-corrected chi connectivity index (χ4v) is 2.23. The molecule has 4 nitrogen and oxygen atoms in total. The third-order valence-corrected chi connectivity index (χ3v) is 3.44. The molecule has 4 heteroatoms. The van der Waals surface area contributed by atoms with Gasteiger partial charge < -0.3 is 9.67 Å². The second-order valence-corrected chi connectivity index (χ2v) is 4.75. The maximum Gasteiger partial charge on any atom is 0.164 e. The van der Waals surface area contributed by atoms with Gasteiger partial charge in [-0.3, -0.25) is 0 Å². The number of benzene rings is 1. The molecule has 0 amide bonds. The molecule has 94 valence electrons. The van der Waals surface area contributed by atoms with Gasteiger partial charge in [0.1, 0.15) is 6.61 Å². The largest absolute Gasteiger partial charge is 0.388 e. The summed E-state index contributed by atoms with van der Waals surface area (Å²) in [5.74, 6) is 1.55. The first-order valence-electron chi connectivity index (χ1n) is 6.47. The van der Waals surface area contributed by atoms with Crippen LogP contribution in [-0.2, 0) is 13.0 Å². The maximum atomic E-state index is 9.31. The highest BCUT2D eigenvalue weighted by Gasteiger charge is 2.29. The van der Waals surface area contributed by atoms with E-state index in [0.29, 0.717) is 11.9 Å². The minimum absolute atomic E-state index is 0.0451. The number of aliphatic hydroxyl groups excluding tert-OH is 1. The molecule has 3 rings (SSSR count). The molecule has 0 radical (unpaired) electrons. The summed E-state index contributed by atoms with van der Waals surface area (Å²) in [7, 11) is 0. The maximum absolute atomic E-state index is 9.31. The Morgan fingerprint density at radius 3 is 2.50 bits per heavy atom. The summed E-state index contributed by atoms with van der Waals surface area (Å²) in [5, 5.41) is 17.6. The van der Waals surface area contributed by atoms with Gasteiger partial charge in [-0.25, -0.2) is 0 Å². The number of rotatable bonds is 4. The van der Waals surface area contributed by atoms with E-state index in [1.165, 1.54) is 5.56 Å². The lowest BCUT2D eigenvalue weighted by atomic mass is 10.1. The van der Waals surface area contributed by atoms with Crippen LogP contribution in [0.3, 0.4) is 0 Å². The van der Waals surface area contributed by atoms with Crippen LogP contribution < -0.4 is 0 Å². The molecule has 0 spiro atoms. The summed E-state index contributed by atoms with van der Waals surface area (Å²) >= 11 is 0. The molecular formula is C14H17N3O. The molecule has 0 atom stereocenters. The molecule has 2 aromatic rings. The average molecular weight is 243 g/mol. The van der Waals surface area contributed by atoms with Gasteiger partial charge in [-0.2, -0.15) is 0 Å². The topological polar surface area (TPSA) is 50.9 Å². The third kappa shape index (κ3) is 1.93. The Labute approximate surface area is 106 Å². The minimum atomic E-state index is -0.0451. The first kappa shape index (κ1) is 11.4. The lowest BCUT2D eigenvalue weighted by molar-refractivity contribution is 0.265. The Hall–Kier alpha value is -1.68. The van der Waals surface area contributed by atoms with Gasteiger partial charge in [0, 0.05) is 11.6 Å². The van der Waals surface area contributed by atoms with Gasteiger partial charge in [-0.05, 0) is 24.8 Å². The van der Waals surface area contributed by atoms with Crippen LogP contribution >= 0.6 is 0 Å². The van der Waals surface area contributed by atoms with Crippen LogP contribution in [0.2, 0.25) is 0 Å². The lowest BCUT2D eigenvalue weighted by Crippen LogP contribution is -2.03. The Morgan fingerprint density at radius 2 is 1.94 bits per heavy atom. The van der Waals surface area contributed by atoms with Crippen LogP contribution in [-0.4, -0.2) is 19.9 Å². The van der Waals surface area contributed by atoms with Crippen LogP contribution in [0.25, 0.3) is 11.4 Å². The van der Waals surface area contributed by atoms with Gasteiger partial charge in [0.05, 0.1) is 0 Å². The fraction of sp³-hybridized carbons (Fsp3) is 0.429. The summed E-state index contributed by atoms with van der Waals surface area (Å²) in [6, 6.07) is 8.90. The van der Waals surface area contributed by atoms with Gasteiger partial charge in [0.25, 0.3) is 0 Å². The number of hydrogen-bond donors (Lipinski definition) is 1. The Bertz CT molecular complexity index is 541. The molecule has 0 bridgehead atoms. The molecule has 1 aliphatic carbocycles. The summed E-state index contributed by atoms with van der Waals surface area (Å²) in [4.78, 5) is 0. The third-order valence-electron chi connectivity index (χ3n) is 3.44. The van der Waals surface area contributed by atoms with Crippen LogP contribution in [0, 0.1) is 0 Å². The lowest BCUT2D eigenvalue weighted by Gasteiger charge is -2.08. The normalized spacial score (nSPS) is 15.0. The zero-order valence-corrected chi connectivity index (χ0v) is 10.5. The molecule has 0 aliphatic heterocycles. The van der Waals surface area contributed by atoms with Crippen molar-refractivity contribution in [3.8, 4) is 11.4 Å². The van der Waals surface area contributed by atoms with Crippen molar-refractivity contribution in [2.45, 2.75) is 38.8 Å². The SMILES string of the molecule is CCc1ccc(-c2nnc(CO)n2C2CC2)cc1. The molecule has 1 aromatic carbocycles. The van der Waals surface area contributed by atoms with E-state index in [4.69, 9.17) is 0 Å². The Balaban J connectivity index is 2.02. The van der Waals surface area contributed by atoms with E-state index in [1.54, 1.807) is 0 Å². The standard InChI is InChI=1S/C14H17N3O/c1-2-10-3-5-11(6-4-10)14-16-15-13(9-18)17(14)12-7-8-12/h3-6,12,18H,2,7-9H2,1H3. The first-order chi connectivity index (χ1) is 8.83. The van der Waals surface area contributed by atoms with E-state index in [0.717, 1.165) is 30.7 Å². The predicted octanol–water partition coefficient (Wildman–Crippen LogP) is 2.33. The van der Waals surface area contributed by atoms with Gasteiger partial charge in [0.15, 0.2) is 11.6 Å². The van der Waals surface area contributed by atoms with E-state index in [9.17, 15) is 5.11 Å². The summed E-state index contributed by atoms with van der Waals surface area (Å²) in [5.41, 5.74) is 2.39. The molecular weight excluding hydrogens is 226 g/mol. The zero-order chi connectivity index (χ0) is 12.5. The van der Waals surface area contributed by atoms with Gasteiger partial charge in [-0.15, -0.1) is 10.2 Å². The van der Waals surface area contributed by atoms with E-state index < -0.39 is 0 Å². The van der Waals surface area contributed by atoms with E-state index in [1.807, 2.05) is 0 Å². The van der Waals surface area contributed by atoms with Crippen LogP contribution in [0.1, 0.15) is 37.2 Å². The second kappa shape index (κ2) is 4.53. The minimum Gasteiger partial charge on any atom is -0.388 e. The van der Waals surface area contributed by atoms with Gasteiger partial charge >= 0.3 is 0 Å².